The number of carbonyl (C=O) groups excluding carboxylic acids is 1. The van der Waals surface area contributed by atoms with Crippen molar-refractivity contribution in [3.63, 3.8) is 0 Å². The smallest absolute Gasteiger partial charge is 0.229 e. The minimum absolute atomic E-state index is 0.0250. The fourth-order valence-electron chi connectivity index (χ4n) is 3.20. The lowest BCUT2D eigenvalue weighted by molar-refractivity contribution is -0.123. The monoisotopic (exact) mass is 461 g/mol. The van der Waals surface area contributed by atoms with Crippen molar-refractivity contribution in [2.45, 2.75) is 20.8 Å². The molecule has 1 N–H and O–H groups in total. The van der Waals surface area contributed by atoms with Crippen molar-refractivity contribution in [2.24, 2.45) is 5.41 Å². The molecule has 1 heterocycles. The largest absolute Gasteiger partial charge is 0.367 e. The SMILES string of the molecule is CC(C)(C)C(=O)Nc1ccc(N2CCN(c3c(F)c(F)c(F)c(F)c3F)CC2)c(Cl)c1. The Morgan fingerprint density at radius 1 is 0.871 bits per heavy atom. The second kappa shape index (κ2) is 8.53. The number of carbonyl (C=O) groups is 1. The predicted molar refractivity (Wildman–Crippen MR) is 110 cm³/mol. The van der Waals surface area contributed by atoms with Crippen LogP contribution >= 0.6 is 11.6 Å². The van der Waals surface area contributed by atoms with Gasteiger partial charge in [-0.15, -0.1) is 0 Å². The van der Waals surface area contributed by atoms with Crippen molar-refractivity contribution in [3.8, 4) is 0 Å². The Labute approximate surface area is 181 Å². The first-order chi connectivity index (χ1) is 14.4. The zero-order chi connectivity index (χ0) is 23.1. The van der Waals surface area contributed by atoms with E-state index in [0.717, 1.165) is 4.90 Å². The second-order valence-corrected chi connectivity index (χ2v) is 8.67. The van der Waals surface area contributed by atoms with Gasteiger partial charge in [0.05, 0.1) is 10.7 Å². The Morgan fingerprint density at radius 2 is 1.35 bits per heavy atom. The number of nitrogens with one attached hydrogen (secondary N) is 1. The molecule has 1 aliphatic rings. The molecule has 2 aromatic rings. The third-order valence-electron chi connectivity index (χ3n) is 5.01. The quantitative estimate of drug-likeness (QED) is 0.380. The predicted octanol–water partition coefficient (Wildman–Crippen LogP) is 5.35. The average Bonchev–Trinajstić information content (AvgIpc) is 2.71. The van der Waals surface area contributed by atoms with Gasteiger partial charge in [0, 0.05) is 37.3 Å². The van der Waals surface area contributed by atoms with Crippen molar-refractivity contribution >= 4 is 34.6 Å². The Bertz CT molecular complexity index is 988. The highest BCUT2D eigenvalue weighted by Crippen LogP contribution is 2.34. The average molecular weight is 462 g/mol. The Hall–Kier alpha value is -2.55. The minimum Gasteiger partial charge on any atom is -0.367 e. The van der Waals surface area contributed by atoms with Gasteiger partial charge in [0.15, 0.2) is 23.3 Å². The zero-order valence-corrected chi connectivity index (χ0v) is 17.9. The number of halogens is 6. The molecule has 1 saturated heterocycles. The van der Waals surface area contributed by atoms with E-state index in [1.54, 1.807) is 39.0 Å². The van der Waals surface area contributed by atoms with Crippen LogP contribution in [0.2, 0.25) is 5.02 Å². The maximum Gasteiger partial charge on any atom is 0.229 e. The molecule has 0 spiro atoms. The lowest BCUT2D eigenvalue weighted by Crippen LogP contribution is -2.47. The van der Waals surface area contributed by atoms with E-state index in [1.807, 2.05) is 4.90 Å². The number of anilines is 3. The number of rotatable bonds is 3. The van der Waals surface area contributed by atoms with Crippen LogP contribution in [0.5, 0.6) is 0 Å². The summed E-state index contributed by atoms with van der Waals surface area (Å²) >= 11 is 6.36. The zero-order valence-electron chi connectivity index (χ0n) is 17.1. The molecule has 0 aromatic heterocycles. The maximum atomic E-state index is 14.1. The summed E-state index contributed by atoms with van der Waals surface area (Å²) in [5, 5.41) is 3.13. The van der Waals surface area contributed by atoms with Gasteiger partial charge in [-0.1, -0.05) is 32.4 Å². The number of piperazine rings is 1. The van der Waals surface area contributed by atoms with Gasteiger partial charge in [-0.2, -0.15) is 0 Å². The van der Waals surface area contributed by atoms with E-state index in [4.69, 9.17) is 11.6 Å². The summed E-state index contributed by atoms with van der Waals surface area (Å²) in [7, 11) is 0. The molecular weight excluding hydrogens is 441 g/mol. The fraction of sp³-hybridized carbons (Fsp3) is 0.381. The first-order valence-corrected chi connectivity index (χ1v) is 9.92. The topological polar surface area (TPSA) is 35.6 Å². The molecule has 1 aliphatic heterocycles. The Balaban J connectivity index is 1.74. The van der Waals surface area contributed by atoms with Gasteiger partial charge in [0.1, 0.15) is 5.69 Å². The van der Waals surface area contributed by atoms with E-state index in [9.17, 15) is 26.7 Å². The van der Waals surface area contributed by atoms with E-state index >= 15 is 0 Å². The highest BCUT2D eigenvalue weighted by Gasteiger charge is 2.31. The van der Waals surface area contributed by atoms with Gasteiger partial charge in [0.25, 0.3) is 0 Å². The molecule has 10 heteroatoms. The van der Waals surface area contributed by atoms with Gasteiger partial charge in [-0.25, -0.2) is 22.0 Å². The van der Waals surface area contributed by atoms with Crippen LogP contribution in [-0.4, -0.2) is 32.1 Å². The summed E-state index contributed by atoms with van der Waals surface area (Å²) in [5.41, 5.74) is -0.353. The lowest BCUT2D eigenvalue weighted by Gasteiger charge is -2.38. The van der Waals surface area contributed by atoms with Crippen molar-refractivity contribution in [1.29, 1.82) is 0 Å². The molecule has 3 rings (SSSR count). The molecule has 1 amide bonds. The molecule has 0 saturated carbocycles. The minimum atomic E-state index is -2.18. The molecule has 0 aliphatic carbocycles. The van der Waals surface area contributed by atoms with E-state index in [2.05, 4.69) is 5.32 Å². The van der Waals surface area contributed by atoms with Gasteiger partial charge in [-0.3, -0.25) is 4.79 Å². The maximum absolute atomic E-state index is 14.1. The highest BCUT2D eigenvalue weighted by molar-refractivity contribution is 6.33. The van der Waals surface area contributed by atoms with Crippen LogP contribution in [0.25, 0.3) is 0 Å². The summed E-state index contributed by atoms with van der Waals surface area (Å²) in [6, 6.07) is 4.98. The molecule has 4 nitrogen and oxygen atoms in total. The van der Waals surface area contributed by atoms with E-state index in [1.165, 1.54) is 0 Å². The summed E-state index contributed by atoms with van der Waals surface area (Å²) in [6.07, 6.45) is 0. The number of benzene rings is 2. The first kappa shape index (κ1) is 23.1. The molecule has 0 unspecified atom stereocenters. The normalized spacial score (nSPS) is 14.7. The van der Waals surface area contributed by atoms with E-state index in [-0.39, 0.29) is 32.1 Å². The van der Waals surface area contributed by atoms with Crippen molar-refractivity contribution in [3.05, 3.63) is 52.3 Å². The number of nitrogens with zero attached hydrogens (tertiary/aromatic N) is 2. The van der Waals surface area contributed by atoms with Gasteiger partial charge in [-0.05, 0) is 18.2 Å². The number of amides is 1. The van der Waals surface area contributed by atoms with E-state index in [0.29, 0.717) is 16.4 Å². The van der Waals surface area contributed by atoms with Crippen LogP contribution in [0.3, 0.4) is 0 Å². The molecule has 2 aromatic carbocycles. The molecular formula is C21H21ClF5N3O. The first-order valence-electron chi connectivity index (χ1n) is 9.54. The summed E-state index contributed by atoms with van der Waals surface area (Å²) < 4.78 is 68.4. The number of hydrogen-bond donors (Lipinski definition) is 1. The van der Waals surface area contributed by atoms with Crippen LogP contribution in [0, 0.1) is 34.5 Å². The van der Waals surface area contributed by atoms with Gasteiger partial charge in [0.2, 0.25) is 11.7 Å². The fourth-order valence-corrected chi connectivity index (χ4v) is 3.50. The molecule has 0 bridgehead atoms. The van der Waals surface area contributed by atoms with Crippen LogP contribution in [0.1, 0.15) is 20.8 Å². The standard InChI is InChI=1S/C21H21ClF5N3O/c1-21(2,3)20(31)28-11-4-5-13(12(22)10-11)29-6-8-30(9-7-29)19-17(26)15(24)14(23)16(25)18(19)27/h4-5,10H,6-9H2,1-3H3,(H,28,31). The second-order valence-electron chi connectivity index (χ2n) is 8.26. The molecule has 168 valence electrons. The van der Waals surface area contributed by atoms with Crippen molar-refractivity contribution in [1.82, 2.24) is 0 Å². The van der Waals surface area contributed by atoms with Gasteiger partial charge < -0.3 is 15.1 Å². The van der Waals surface area contributed by atoms with Crippen LogP contribution in [0.15, 0.2) is 18.2 Å². The summed E-state index contributed by atoms with van der Waals surface area (Å²) in [5.74, 6) is -9.97. The van der Waals surface area contributed by atoms with Crippen molar-refractivity contribution < 1.29 is 26.7 Å². The van der Waals surface area contributed by atoms with Crippen LogP contribution in [0.4, 0.5) is 39.0 Å². The van der Waals surface area contributed by atoms with Crippen molar-refractivity contribution in [2.75, 3.05) is 41.3 Å². The molecule has 0 radical (unpaired) electrons. The van der Waals surface area contributed by atoms with Crippen LogP contribution in [-0.2, 0) is 4.79 Å². The van der Waals surface area contributed by atoms with Gasteiger partial charge >= 0.3 is 0 Å². The highest BCUT2D eigenvalue weighted by atomic mass is 35.5. The molecule has 1 fully saturated rings. The van der Waals surface area contributed by atoms with Crippen LogP contribution < -0.4 is 15.1 Å². The molecule has 31 heavy (non-hydrogen) atoms. The lowest BCUT2D eigenvalue weighted by atomic mass is 9.95. The third-order valence-corrected chi connectivity index (χ3v) is 5.31. The Kier molecular flexibility index (Phi) is 6.36. The molecule has 0 atom stereocenters. The summed E-state index contributed by atoms with van der Waals surface area (Å²) in [4.78, 5) is 15.1. The third kappa shape index (κ3) is 4.56. The summed E-state index contributed by atoms with van der Waals surface area (Å²) in [6.45, 7) is 5.88. The van der Waals surface area contributed by atoms with E-state index < -0.39 is 40.2 Å². The number of hydrogen-bond acceptors (Lipinski definition) is 3. The Morgan fingerprint density at radius 3 is 1.84 bits per heavy atom.